The molecule has 0 radical (unpaired) electrons. The van der Waals surface area contributed by atoms with Gasteiger partial charge in [-0.05, 0) is 43.2 Å². The monoisotopic (exact) mass is 443 g/mol. The molecule has 1 N–H and O–H groups in total. The number of aromatic nitrogens is 2. The Balaban J connectivity index is 1.75. The number of halogens is 2. The summed E-state index contributed by atoms with van der Waals surface area (Å²) in [5.41, 5.74) is 3.97. The number of nitrogens with zero attached hydrogens (tertiary/aromatic N) is 2. The number of aryl methyl sites for hydroxylation is 1. The van der Waals surface area contributed by atoms with Crippen molar-refractivity contribution in [2.24, 2.45) is 7.05 Å². The zero-order valence-electron chi connectivity index (χ0n) is 17.1. The highest BCUT2D eigenvalue weighted by Crippen LogP contribution is 2.36. The normalized spacial score (nSPS) is 17.8. The minimum Gasteiger partial charge on any atom is -0.376 e. The summed E-state index contributed by atoms with van der Waals surface area (Å²) in [7, 11) is 1.70. The third-order valence-corrected chi connectivity index (χ3v) is 6.06. The summed E-state index contributed by atoms with van der Waals surface area (Å²) >= 11 is 12.4. The third kappa shape index (κ3) is 3.73. The summed E-state index contributed by atoms with van der Waals surface area (Å²) in [6, 6.07) is 13.3. The van der Waals surface area contributed by atoms with Crippen molar-refractivity contribution in [3.63, 3.8) is 0 Å². The van der Waals surface area contributed by atoms with Gasteiger partial charge in [-0.15, -0.1) is 0 Å². The number of hydrogen-bond acceptors (Lipinski definition) is 4. The van der Waals surface area contributed by atoms with Crippen molar-refractivity contribution in [3.8, 4) is 11.4 Å². The molecule has 4 rings (SSSR count). The van der Waals surface area contributed by atoms with Crippen LogP contribution in [0.4, 0.5) is 5.69 Å². The first-order chi connectivity index (χ1) is 14.4. The first-order valence-electron chi connectivity index (χ1n) is 9.89. The van der Waals surface area contributed by atoms with Crippen molar-refractivity contribution >= 4 is 28.9 Å². The van der Waals surface area contributed by atoms with Gasteiger partial charge in [-0.3, -0.25) is 9.36 Å². The molecule has 1 aliphatic carbocycles. The molecular formula is C23H23Cl2N3O2. The summed E-state index contributed by atoms with van der Waals surface area (Å²) in [4.78, 5) is 18.0. The van der Waals surface area contributed by atoms with Crippen molar-refractivity contribution < 1.29 is 4.74 Å². The molecule has 156 valence electrons. The van der Waals surface area contributed by atoms with Gasteiger partial charge in [0.1, 0.15) is 11.5 Å². The first-order valence-corrected chi connectivity index (χ1v) is 10.6. The van der Waals surface area contributed by atoms with Crippen LogP contribution in [-0.2, 0) is 18.2 Å². The zero-order valence-corrected chi connectivity index (χ0v) is 18.6. The summed E-state index contributed by atoms with van der Waals surface area (Å²) in [6.45, 7) is 4.42. The van der Waals surface area contributed by atoms with Crippen LogP contribution in [0.2, 0.25) is 10.0 Å². The number of hydrogen-bond donors (Lipinski definition) is 1. The molecule has 0 bridgehead atoms. The van der Waals surface area contributed by atoms with E-state index in [1.165, 1.54) is 10.1 Å². The molecule has 7 heteroatoms. The lowest BCUT2D eigenvalue weighted by atomic mass is 10.1. The van der Waals surface area contributed by atoms with Crippen LogP contribution in [0.15, 0.2) is 47.3 Å². The van der Waals surface area contributed by atoms with E-state index in [1.807, 2.05) is 26.0 Å². The van der Waals surface area contributed by atoms with E-state index in [2.05, 4.69) is 17.4 Å². The Morgan fingerprint density at radius 3 is 2.73 bits per heavy atom. The zero-order chi connectivity index (χ0) is 21.4. The predicted molar refractivity (Wildman–Crippen MR) is 122 cm³/mol. The van der Waals surface area contributed by atoms with Crippen molar-refractivity contribution in [2.45, 2.75) is 32.4 Å². The second kappa shape index (κ2) is 8.42. The average Bonchev–Trinajstić information content (AvgIpc) is 3.06. The van der Waals surface area contributed by atoms with E-state index in [1.54, 1.807) is 25.2 Å². The molecule has 3 aromatic rings. The number of nitrogens with one attached hydrogen (secondary N) is 1. The van der Waals surface area contributed by atoms with Crippen LogP contribution in [0.5, 0.6) is 0 Å². The van der Waals surface area contributed by atoms with Crippen LogP contribution >= 0.6 is 23.2 Å². The molecule has 1 aliphatic rings. The van der Waals surface area contributed by atoms with Crippen molar-refractivity contribution in [2.75, 3.05) is 11.9 Å². The van der Waals surface area contributed by atoms with Crippen LogP contribution in [0.25, 0.3) is 11.4 Å². The second-order valence-corrected chi connectivity index (χ2v) is 8.25. The van der Waals surface area contributed by atoms with E-state index in [9.17, 15) is 4.79 Å². The number of fused-ring (bicyclic) bond motifs is 1. The Morgan fingerprint density at radius 2 is 2.00 bits per heavy atom. The Bertz CT molecular complexity index is 1160. The molecule has 0 amide bonds. The highest BCUT2D eigenvalue weighted by Gasteiger charge is 2.34. The summed E-state index contributed by atoms with van der Waals surface area (Å²) in [6.07, 6.45) is 0.773. The molecule has 2 atom stereocenters. The van der Waals surface area contributed by atoms with Gasteiger partial charge in [0.05, 0.1) is 22.9 Å². The molecule has 1 unspecified atom stereocenters. The lowest BCUT2D eigenvalue weighted by Gasteiger charge is -2.24. The molecular weight excluding hydrogens is 421 g/mol. The lowest BCUT2D eigenvalue weighted by Crippen LogP contribution is -2.31. The van der Waals surface area contributed by atoms with Gasteiger partial charge in [0.2, 0.25) is 0 Å². The maximum absolute atomic E-state index is 13.3. The van der Waals surface area contributed by atoms with E-state index < -0.39 is 0 Å². The summed E-state index contributed by atoms with van der Waals surface area (Å²) in [5, 5.41) is 4.42. The molecule has 1 aromatic heterocycles. The number of benzene rings is 2. The molecule has 30 heavy (non-hydrogen) atoms. The van der Waals surface area contributed by atoms with Gasteiger partial charge >= 0.3 is 0 Å². The maximum Gasteiger partial charge on any atom is 0.277 e. The van der Waals surface area contributed by atoms with Gasteiger partial charge in [-0.25, -0.2) is 4.98 Å². The molecule has 1 heterocycles. The van der Waals surface area contributed by atoms with Gasteiger partial charge in [0.25, 0.3) is 5.56 Å². The van der Waals surface area contributed by atoms with Crippen LogP contribution in [0, 0.1) is 6.92 Å². The van der Waals surface area contributed by atoms with Crippen LogP contribution in [0.1, 0.15) is 29.8 Å². The summed E-state index contributed by atoms with van der Waals surface area (Å²) in [5.74, 6) is 0.498. The minimum atomic E-state index is -0.164. The second-order valence-electron chi connectivity index (χ2n) is 7.40. The van der Waals surface area contributed by atoms with E-state index >= 15 is 0 Å². The Labute approximate surface area is 185 Å². The topological polar surface area (TPSA) is 56.1 Å². The molecule has 0 saturated heterocycles. The number of anilines is 1. The first kappa shape index (κ1) is 20.9. The maximum atomic E-state index is 13.3. The fourth-order valence-corrected chi connectivity index (χ4v) is 4.53. The lowest BCUT2D eigenvalue weighted by molar-refractivity contribution is 0.0574. The van der Waals surface area contributed by atoms with Crippen molar-refractivity contribution in [1.82, 2.24) is 9.55 Å². The highest BCUT2D eigenvalue weighted by atomic mass is 35.5. The molecule has 0 saturated carbocycles. The van der Waals surface area contributed by atoms with Crippen LogP contribution in [0.3, 0.4) is 0 Å². The molecule has 0 spiro atoms. The third-order valence-electron chi connectivity index (χ3n) is 5.51. The van der Waals surface area contributed by atoms with E-state index in [-0.39, 0.29) is 17.7 Å². The molecule has 0 fully saturated rings. The number of rotatable bonds is 5. The van der Waals surface area contributed by atoms with Gasteiger partial charge < -0.3 is 10.1 Å². The standard InChI is InChI=1S/C23H23Cl2N3O2/c1-4-30-19-11-14-7-5-6-8-16(14)21(19)27-20-13(2)26-22(28(3)23(20)29)17-10-9-15(24)12-18(17)25/h5-10,12,19,21,27H,4,11H2,1-3H3/t19-,21?/m0/s1. The molecule has 2 aromatic carbocycles. The van der Waals surface area contributed by atoms with Gasteiger partial charge in [0, 0.05) is 30.7 Å². The largest absolute Gasteiger partial charge is 0.376 e. The van der Waals surface area contributed by atoms with E-state index in [4.69, 9.17) is 32.9 Å². The van der Waals surface area contributed by atoms with Crippen molar-refractivity contribution in [1.29, 1.82) is 0 Å². The molecule has 5 nitrogen and oxygen atoms in total. The van der Waals surface area contributed by atoms with E-state index in [0.717, 1.165) is 12.0 Å². The Hall–Kier alpha value is -2.34. The molecule has 0 aliphatic heterocycles. The number of ether oxygens (including phenoxy) is 1. The van der Waals surface area contributed by atoms with Gasteiger partial charge in [-0.2, -0.15) is 0 Å². The summed E-state index contributed by atoms with van der Waals surface area (Å²) < 4.78 is 7.49. The highest BCUT2D eigenvalue weighted by molar-refractivity contribution is 6.36. The SMILES string of the molecule is CCO[C@H]1Cc2ccccc2C1Nc1c(C)nc(-c2ccc(Cl)cc2Cl)n(C)c1=O. The van der Waals surface area contributed by atoms with Crippen LogP contribution < -0.4 is 10.9 Å². The van der Waals surface area contributed by atoms with Crippen LogP contribution in [-0.4, -0.2) is 22.3 Å². The smallest absolute Gasteiger partial charge is 0.277 e. The Morgan fingerprint density at radius 1 is 1.23 bits per heavy atom. The fourth-order valence-electron chi connectivity index (χ4n) is 4.04. The average molecular weight is 444 g/mol. The van der Waals surface area contributed by atoms with Crippen molar-refractivity contribution in [3.05, 3.63) is 79.7 Å². The van der Waals surface area contributed by atoms with E-state index in [0.29, 0.717) is 39.4 Å². The quantitative estimate of drug-likeness (QED) is 0.590. The van der Waals surface area contributed by atoms with Gasteiger partial charge in [0.15, 0.2) is 0 Å². The van der Waals surface area contributed by atoms with Gasteiger partial charge in [-0.1, -0.05) is 47.5 Å². The minimum absolute atomic E-state index is 0.0399. The Kier molecular flexibility index (Phi) is 5.87. The fraction of sp³-hybridized carbons (Fsp3) is 0.304. The predicted octanol–water partition coefficient (Wildman–Crippen LogP) is 5.18.